The van der Waals surface area contributed by atoms with E-state index in [2.05, 4.69) is 147 Å². The van der Waals surface area contributed by atoms with Gasteiger partial charge in [0.15, 0.2) is 0 Å². The summed E-state index contributed by atoms with van der Waals surface area (Å²) in [6.07, 6.45) is 3.82. The van der Waals surface area contributed by atoms with Crippen LogP contribution in [0.4, 0.5) is 0 Å². The maximum Gasteiger partial charge on any atom is 0.0192 e. The van der Waals surface area contributed by atoms with Gasteiger partial charge >= 0.3 is 0 Å². The number of rotatable bonds is 3. The van der Waals surface area contributed by atoms with E-state index in [0.717, 1.165) is 28.1 Å². The van der Waals surface area contributed by atoms with Crippen molar-refractivity contribution < 1.29 is 20.1 Å². The normalized spacial score (nSPS) is 10.6. The number of aryl methyl sites for hydroxylation is 4. The van der Waals surface area contributed by atoms with E-state index in [1.807, 2.05) is 24.5 Å². The molecular weight excluding hydrogens is 701 g/mol. The maximum atomic E-state index is 4.56. The number of hydrogen-bond donors (Lipinski definition) is 0. The molecule has 213 valence electrons. The van der Waals surface area contributed by atoms with E-state index < -0.39 is 0 Å². The van der Waals surface area contributed by atoms with E-state index in [-0.39, 0.29) is 20.1 Å². The summed E-state index contributed by atoms with van der Waals surface area (Å²) in [6, 6.07) is 44.8. The van der Waals surface area contributed by atoms with Gasteiger partial charge in [-0.1, -0.05) is 79.2 Å². The molecule has 1 radical (unpaired) electrons. The van der Waals surface area contributed by atoms with Gasteiger partial charge in [-0.05, 0) is 76.5 Å². The van der Waals surface area contributed by atoms with E-state index in [0.29, 0.717) is 0 Å². The van der Waals surface area contributed by atoms with Crippen molar-refractivity contribution >= 4 is 21.5 Å². The molecule has 0 amide bonds. The maximum absolute atomic E-state index is 4.56. The van der Waals surface area contributed by atoms with Gasteiger partial charge in [-0.2, -0.15) is 0 Å². The summed E-state index contributed by atoms with van der Waals surface area (Å²) >= 11 is 0. The van der Waals surface area contributed by atoms with Gasteiger partial charge in [0, 0.05) is 32.5 Å². The van der Waals surface area contributed by atoms with Crippen molar-refractivity contribution in [1.82, 2.24) is 9.97 Å². The van der Waals surface area contributed by atoms with Crippen molar-refractivity contribution in [3.05, 3.63) is 156 Å². The molecule has 0 spiro atoms. The molecule has 0 unspecified atom stereocenters. The molecule has 0 saturated heterocycles. The van der Waals surface area contributed by atoms with Crippen molar-refractivity contribution in [3.8, 4) is 33.6 Å². The first kappa shape index (κ1) is 30.0. The van der Waals surface area contributed by atoms with Crippen molar-refractivity contribution in [1.29, 1.82) is 0 Å². The molecular formula is C40H32IrN2-2. The third-order valence-corrected chi connectivity index (χ3v) is 7.68. The third-order valence-electron chi connectivity index (χ3n) is 7.68. The molecule has 2 aromatic heterocycles. The standard InChI is InChI=1S/C26H18N.C14H14N.Ir/c1-18-13-14-26(27-17-18)21-9-6-8-19(15-21)25-16-20-7-2-3-10-22(20)23-11-4-5-12-24(23)25;1-10-4-6-13(7-5-10)14-8-11(2)12(3)9-15-14;/h2-8,10-17H,1H3;4-6,8-9H,1-3H3;/q2*-1;. The summed E-state index contributed by atoms with van der Waals surface area (Å²) in [7, 11) is 0. The fourth-order valence-electron chi connectivity index (χ4n) is 5.14. The van der Waals surface area contributed by atoms with Crippen LogP contribution < -0.4 is 0 Å². The fourth-order valence-corrected chi connectivity index (χ4v) is 5.14. The zero-order valence-electron chi connectivity index (χ0n) is 24.8. The minimum Gasteiger partial charge on any atom is -0.304 e. The molecule has 0 atom stereocenters. The molecule has 5 aromatic carbocycles. The molecule has 2 heterocycles. The number of fused-ring (bicyclic) bond motifs is 3. The van der Waals surface area contributed by atoms with Crippen LogP contribution in [0.5, 0.6) is 0 Å². The molecule has 3 heteroatoms. The van der Waals surface area contributed by atoms with Gasteiger partial charge in [-0.3, -0.25) is 0 Å². The van der Waals surface area contributed by atoms with E-state index in [1.54, 1.807) is 0 Å². The molecule has 0 aliphatic rings. The van der Waals surface area contributed by atoms with E-state index in [4.69, 9.17) is 0 Å². The summed E-state index contributed by atoms with van der Waals surface area (Å²) < 4.78 is 0. The van der Waals surface area contributed by atoms with Crippen LogP contribution in [0, 0.1) is 39.8 Å². The van der Waals surface area contributed by atoms with Crippen molar-refractivity contribution in [2.75, 3.05) is 0 Å². The van der Waals surface area contributed by atoms with Crippen molar-refractivity contribution in [2.45, 2.75) is 27.7 Å². The Morgan fingerprint density at radius 3 is 1.98 bits per heavy atom. The summed E-state index contributed by atoms with van der Waals surface area (Å²) in [4.78, 5) is 8.97. The zero-order chi connectivity index (χ0) is 29.1. The van der Waals surface area contributed by atoms with Crippen LogP contribution in [-0.4, -0.2) is 9.97 Å². The molecule has 0 saturated carbocycles. The van der Waals surface area contributed by atoms with Gasteiger partial charge in [0.05, 0.1) is 0 Å². The van der Waals surface area contributed by atoms with Gasteiger partial charge in [0.1, 0.15) is 0 Å². The van der Waals surface area contributed by atoms with E-state index in [9.17, 15) is 0 Å². The second-order valence-corrected chi connectivity index (χ2v) is 10.8. The van der Waals surface area contributed by atoms with Crippen LogP contribution in [0.3, 0.4) is 0 Å². The molecule has 0 fully saturated rings. The first-order valence-electron chi connectivity index (χ1n) is 14.2. The Labute approximate surface area is 267 Å². The third kappa shape index (κ3) is 6.65. The SMILES string of the molecule is Cc1c[c-]c(-c2cc(C)c(C)cn2)cc1.Cc1ccc(-c2[c-]ccc(-c3cc4ccccc4c4ccccc34)c2)nc1.[Ir]. The van der Waals surface area contributed by atoms with Crippen LogP contribution in [0.15, 0.2) is 122 Å². The summed E-state index contributed by atoms with van der Waals surface area (Å²) in [5.41, 5.74) is 11.3. The number of aromatic nitrogens is 2. The number of pyridine rings is 2. The number of hydrogen-bond acceptors (Lipinski definition) is 2. The summed E-state index contributed by atoms with van der Waals surface area (Å²) in [5, 5.41) is 5.10. The van der Waals surface area contributed by atoms with Crippen LogP contribution in [0.2, 0.25) is 0 Å². The minimum absolute atomic E-state index is 0. The van der Waals surface area contributed by atoms with Gasteiger partial charge in [-0.25, -0.2) is 0 Å². The zero-order valence-corrected chi connectivity index (χ0v) is 27.2. The predicted molar refractivity (Wildman–Crippen MR) is 176 cm³/mol. The Bertz CT molecular complexity index is 2010. The van der Waals surface area contributed by atoms with Crippen LogP contribution >= 0.6 is 0 Å². The monoisotopic (exact) mass is 733 g/mol. The Morgan fingerprint density at radius 1 is 0.535 bits per heavy atom. The minimum atomic E-state index is 0. The van der Waals surface area contributed by atoms with E-state index >= 15 is 0 Å². The van der Waals surface area contributed by atoms with Crippen molar-refractivity contribution in [3.63, 3.8) is 0 Å². The Hall–Kier alpha value is -4.43. The number of benzene rings is 5. The molecule has 43 heavy (non-hydrogen) atoms. The molecule has 0 bridgehead atoms. The second-order valence-electron chi connectivity index (χ2n) is 10.8. The van der Waals surface area contributed by atoms with Gasteiger partial charge in [0.2, 0.25) is 0 Å². The average Bonchev–Trinajstić information content (AvgIpc) is 3.03. The van der Waals surface area contributed by atoms with Crippen LogP contribution in [0.1, 0.15) is 22.3 Å². The predicted octanol–water partition coefficient (Wildman–Crippen LogP) is 10.3. The quantitative estimate of drug-likeness (QED) is 0.134. The molecule has 7 aromatic rings. The smallest absolute Gasteiger partial charge is 0.0192 e. The molecule has 0 aliphatic carbocycles. The molecule has 0 N–H and O–H groups in total. The Morgan fingerprint density at radius 2 is 1.26 bits per heavy atom. The molecule has 0 aliphatic heterocycles. The topological polar surface area (TPSA) is 25.8 Å². The summed E-state index contributed by atoms with van der Waals surface area (Å²) in [5.74, 6) is 0. The summed E-state index contributed by atoms with van der Waals surface area (Å²) in [6.45, 7) is 8.30. The molecule has 7 rings (SSSR count). The molecule has 2 nitrogen and oxygen atoms in total. The second kappa shape index (κ2) is 13.3. The van der Waals surface area contributed by atoms with E-state index in [1.165, 1.54) is 49.4 Å². The Balaban J connectivity index is 0.000000197. The van der Waals surface area contributed by atoms with Gasteiger partial charge in [0.25, 0.3) is 0 Å². The average molecular weight is 733 g/mol. The van der Waals surface area contributed by atoms with Crippen molar-refractivity contribution in [2.24, 2.45) is 0 Å². The fraction of sp³-hybridized carbons (Fsp3) is 0.100. The largest absolute Gasteiger partial charge is 0.304 e. The van der Waals surface area contributed by atoms with Crippen LogP contribution in [0.25, 0.3) is 55.2 Å². The van der Waals surface area contributed by atoms with Gasteiger partial charge < -0.3 is 9.97 Å². The Kier molecular flexibility index (Phi) is 9.26. The first-order valence-corrected chi connectivity index (χ1v) is 14.2. The number of nitrogens with zero attached hydrogens (tertiary/aromatic N) is 2. The van der Waals surface area contributed by atoms with Gasteiger partial charge in [-0.15, -0.1) is 70.8 Å². The first-order chi connectivity index (χ1) is 20.5. The van der Waals surface area contributed by atoms with Crippen LogP contribution in [-0.2, 0) is 20.1 Å².